The number of anilines is 1. The van der Waals surface area contributed by atoms with Crippen molar-refractivity contribution in [3.8, 4) is 0 Å². The lowest BCUT2D eigenvalue weighted by Gasteiger charge is -2.14. The van der Waals surface area contributed by atoms with Crippen LogP contribution in [0.1, 0.15) is 12.8 Å². The van der Waals surface area contributed by atoms with Crippen LogP contribution in [0.4, 0.5) is 5.69 Å². The summed E-state index contributed by atoms with van der Waals surface area (Å²) in [6.07, 6.45) is 2.71. The molecule has 4 heteroatoms. The van der Waals surface area contributed by atoms with E-state index in [1.165, 1.54) is 25.9 Å². The number of likely N-dealkylation sites (tertiary alicyclic amines) is 1. The first kappa shape index (κ1) is 12.1. The number of nitrogen functional groups attached to an aromatic ring is 1. The fourth-order valence-corrected chi connectivity index (χ4v) is 3.21. The summed E-state index contributed by atoms with van der Waals surface area (Å²) in [5.41, 5.74) is 6.38. The van der Waals surface area contributed by atoms with E-state index >= 15 is 0 Å². The summed E-state index contributed by atoms with van der Waals surface area (Å²) in [5, 5.41) is 0.770. The van der Waals surface area contributed by atoms with E-state index in [0.717, 1.165) is 27.9 Å². The molecule has 1 saturated heterocycles. The normalized spacial score (nSPS) is 16.8. The van der Waals surface area contributed by atoms with Gasteiger partial charge in [-0.2, -0.15) is 0 Å². The molecular weight excluding hydrogens is 240 g/mol. The minimum atomic E-state index is 0.730. The molecule has 2 nitrogen and oxygen atoms in total. The van der Waals surface area contributed by atoms with Gasteiger partial charge < -0.3 is 10.6 Å². The monoisotopic (exact) mass is 256 g/mol. The largest absolute Gasteiger partial charge is 0.399 e. The maximum Gasteiger partial charge on any atom is 0.0562 e. The second-order valence-electron chi connectivity index (χ2n) is 4.09. The number of thioether (sulfide) groups is 1. The summed E-state index contributed by atoms with van der Waals surface area (Å²) >= 11 is 7.92. The molecule has 16 heavy (non-hydrogen) atoms. The minimum absolute atomic E-state index is 0.730. The lowest BCUT2D eigenvalue weighted by Crippen LogP contribution is -2.21. The van der Waals surface area contributed by atoms with Crippen LogP contribution < -0.4 is 5.73 Å². The molecule has 88 valence electrons. The molecule has 1 aliphatic rings. The molecule has 2 N–H and O–H groups in total. The van der Waals surface area contributed by atoms with Gasteiger partial charge >= 0.3 is 0 Å². The van der Waals surface area contributed by atoms with Crippen LogP contribution in [0.5, 0.6) is 0 Å². The Morgan fingerprint density at radius 1 is 1.31 bits per heavy atom. The fourth-order valence-electron chi connectivity index (χ4n) is 1.93. The Kier molecular flexibility index (Phi) is 4.38. The van der Waals surface area contributed by atoms with E-state index in [4.69, 9.17) is 17.3 Å². The third kappa shape index (κ3) is 3.30. The predicted molar refractivity (Wildman–Crippen MR) is 72.3 cm³/mol. The van der Waals surface area contributed by atoms with Gasteiger partial charge in [0.15, 0.2) is 0 Å². The van der Waals surface area contributed by atoms with Crippen molar-refractivity contribution in [2.75, 3.05) is 31.1 Å². The van der Waals surface area contributed by atoms with Crippen molar-refractivity contribution < 1.29 is 0 Å². The molecule has 0 aliphatic carbocycles. The first-order valence-corrected chi connectivity index (χ1v) is 7.02. The molecule has 0 radical (unpaired) electrons. The minimum Gasteiger partial charge on any atom is -0.399 e. The summed E-state index contributed by atoms with van der Waals surface area (Å²) in [4.78, 5) is 3.65. The molecule has 1 heterocycles. The molecule has 0 unspecified atom stereocenters. The Bertz CT molecular complexity index is 351. The van der Waals surface area contributed by atoms with Gasteiger partial charge in [0, 0.05) is 22.9 Å². The zero-order chi connectivity index (χ0) is 11.4. The molecule has 0 aromatic heterocycles. The van der Waals surface area contributed by atoms with Gasteiger partial charge in [-0.05, 0) is 44.1 Å². The number of halogens is 1. The average Bonchev–Trinajstić information content (AvgIpc) is 2.74. The Hall–Kier alpha value is -0.380. The first-order valence-electron chi connectivity index (χ1n) is 5.66. The highest BCUT2D eigenvalue weighted by Crippen LogP contribution is 2.28. The van der Waals surface area contributed by atoms with E-state index < -0.39 is 0 Å². The van der Waals surface area contributed by atoms with E-state index in [0.29, 0.717) is 0 Å². The van der Waals surface area contributed by atoms with Crippen molar-refractivity contribution in [1.29, 1.82) is 0 Å². The summed E-state index contributed by atoms with van der Waals surface area (Å²) in [6, 6.07) is 5.73. The van der Waals surface area contributed by atoms with Gasteiger partial charge in [0.25, 0.3) is 0 Å². The number of nitrogens with zero attached hydrogens (tertiary/aromatic N) is 1. The van der Waals surface area contributed by atoms with E-state index in [2.05, 4.69) is 4.90 Å². The van der Waals surface area contributed by atoms with Gasteiger partial charge in [0.05, 0.1) is 5.02 Å². The molecule has 1 fully saturated rings. The molecule has 1 aromatic rings. The fraction of sp³-hybridized carbons (Fsp3) is 0.500. The standard InChI is InChI=1S/C12H17ClN2S/c13-11-9-10(14)3-4-12(11)16-8-7-15-5-1-2-6-15/h3-4,9H,1-2,5-8,14H2. The molecule has 1 aliphatic heterocycles. The average molecular weight is 257 g/mol. The summed E-state index contributed by atoms with van der Waals surface area (Å²) in [6.45, 7) is 3.68. The molecule has 0 saturated carbocycles. The van der Waals surface area contributed by atoms with Crippen LogP contribution in [-0.2, 0) is 0 Å². The Morgan fingerprint density at radius 3 is 2.75 bits per heavy atom. The van der Waals surface area contributed by atoms with Crippen molar-refractivity contribution >= 4 is 29.1 Å². The number of rotatable bonds is 4. The number of nitrogens with two attached hydrogens (primary N) is 1. The van der Waals surface area contributed by atoms with Crippen LogP contribution in [0.25, 0.3) is 0 Å². The molecular formula is C12H17ClN2S. The first-order chi connectivity index (χ1) is 7.75. The van der Waals surface area contributed by atoms with Gasteiger partial charge in [-0.15, -0.1) is 11.8 Å². The van der Waals surface area contributed by atoms with E-state index in [1.54, 1.807) is 0 Å². The summed E-state index contributed by atoms with van der Waals surface area (Å²) < 4.78 is 0. The maximum absolute atomic E-state index is 6.11. The lowest BCUT2D eigenvalue weighted by atomic mass is 10.3. The van der Waals surface area contributed by atoms with Crippen LogP contribution in [0.15, 0.2) is 23.1 Å². The van der Waals surface area contributed by atoms with Gasteiger partial charge in [0.1, 0.15) is 0 Å². The quantitative estimate of drug-likeness (QED) is 0.663. The lowest BCUT2D eigenvalue weighted by molar-refractivity contribution is 0.362. The smallest absolute Gasteiger partial charge is 0.0562 e. The van der Waals surface area contributed by atoms with Gasteiger partial charge in [-0.3, -0.25) is 0 Å². The van der Waals surface area contributed by atoms with Crippen molar-refractivity contribution in [2.24, 2.45) is 0 Å². The summed E-state index contributed by atoms with van der Waals surface area (Å²) in [5.74, 6) is 1.10. The number of hydrogen-bond donors (Lipinski definition) is 1. The highest BCUT2D eigenvalue weighted by Gasteiger charge is 2.11. The van der Waals surface area contributed by atoms with E-state index in [-0.39, 0.29) is 0 Å². The van der Waals surface area contributed by atoms with Crippen molar-refractivity contribution in [3.05, 3.63) is 23.2 Å². The van der Waals surface area contributed by atoms with E-state index in [1.807, 2.05) is 30.0 Å². The second kappa shape index (κ2) is 5.80. The Balaban J connectivity index is 1.80. The predicted octanol–water partition coefficient (Wildman–Crippen LogP) is 3.11. The zero-order valence-corrected chi connectivity index (χ0v) is 10.9. The van der Waals surface area contributed by atoms with Crippen LogP contribution in [0.2, 0.25) is 5.02 Å². The van der Waals surface area contributed by atoms with Crippen LogP contribution in [-0.4, -0.2) is 30.3 Å². The molecule has 1 aromatic carbocycles. The third-order valence-corrected chi connectivity index (χ3v) is 4.30. The van der Waals surface area contributed by atoms with Gasteiger partial charge in [-0.25, -0.2) is 0 Å². The van der Waals surface area contributed by atoms with Gasteiger partial charge in [-0.1, -0.05) is 11.6 Å². The zero-order valence-electron chi connectivity index (χ0n) is 9.29. The Morgan fingerprint density at radius 2 is 2.06 bits per heavy atom. The summed E-state index contributed by atoms with van der Waals surface area (Å²) in [7, 11) is 0. The van der Waals surface area contributed by atoms with Gasteiger partial charge in [0.2, 0.25) is 0 Å². The van der Waals surface area contributed by atoms with Crippen molar-refractivity contribution in [1.82, 2.24) is 4.90 Å². The second-order valence-corrected chi connectivity index (χ2v) is 5.63. The highest BCUT2D eigenvalue weighted by atomic mass is 35.5. The molecule has 2 rings (SSSR count). The number of hydrogen-bond acceptors (Lipinski definition) is 3. The van der Waals surface area contributed by atoms with Crippen molar-refractivity contribution in [3.63, 3.8) is 0 Å². The van der Waals surface area contributed by atoms with E-state index in [9.17, 15) is 0 Å². The highest BCUT2D eigenvalue weighted by molar-refractivity contribution is 7.99. The van der Waals surface area contributed by atoms with Crippen molar-refractivity contribution in [2.45, 2.75) is 17.7 Å². The van der Waals surface area contributed by atoms with Crippen LogP contribution in [0.3, 0.4) is 0 Å². The molecule has 0 bridgehead atoms. The number of benzene rings is 1. The molecule has 0 atom stereocenters. The third-order valence-electron chi connectivity index (χ3n) is 2.82. The Labute approximate surface area is 106 Å². The maximum atomic E-state index is 6.11. The molecule has 0 amide bonds. The SMILES string of the molecule is Nc1ccc(SCCN2CCCC2)c(Cl)c1. The van der Waals surface area contributed by atoms with Crippen LogP contribution >= 0.6 is 23.4 Å². The molecule has 0 spiro atoms. The van der Waals surface area contributed by atoms with Crippen LogP contribution in [0, 0.1) is 0 Å². The topological polar surface area (TPSA) is 29.3 Å².